The van der Waals surface area contributed by atoms with Gasteiger partial charge in [-0.2, -0.15) is 0 Å². The summed E-state index contributed by atoms with van der Waals surface area (Å²) in [6, 6.07) is 6.14. The van der Waals surface area contributed by atoms with Crippen LogP contribution in [0.1, 0.15) is 28.8 Å². The van der Waals surface area contributed by atoms with Gasteiger partial charge in [-0.25, -0.2) is 18.4 Å². The first kappa shape index (κ1) is 21.6. The molecule has 1 aromatic carbocycles. The van der Waals surface area contributed by atoms with E-state index in [1.807, 2.05) is 6.92 Å². The summed E-state index contributed by atoms with van der Waals surface area (Å²) in [5, 5.41) is 2.98. The summed E-state index contributed by atoms with van der Waals surface area (Å²) in [7, 11) is -3.47. The number of nitrogens with one attached hydrogen (secondary N) is 3. The van der Waals surface area contributed by atoms with Gasteiger partial charge in [-0.15, -0.1) is 0 Å². The highest BCUT2D eigenvalue weighted by molar-refractivity contribution is 7.92. The number of amides is 1. The lowest BCUT2D eigenvalue weighted by atomic mass is 10.2. The molecule has 0 fully saturated rings. The molecule has 3 rings (SSSR count). The molecule has 3 N–H and O–H groups in total. The van der Waals surface area contributed by atoms with Crippen LogP contribution in [-0.4, -0.2) is 42.1 Å². The van der Waals surface area contributed by atoms with E-state index in [2.05, 4.69) is 25.0 Å². The summed E-state index contributed by atoms with van der Waals surface area (Å²) in [6.07, 6.45) is 6.22. The smallest absolute Gasteiger partial charge is 0.257 e. The number of benzene rings is 1. The Labute approximate surface area is 178 Å². The van der Waals surface area contributed by atoms with Gasteiger partial charge < -0.3 is 15.0 Å². The highest BCUT2D eigenvalue weighted by Crippen LogP contribution is 2.24. The van der Waals surface area contributed by atoms with E-state index in [4.69, 9.17) is 16.3 Å². The van der Waals surface area contributed by atoms with Crippen LogP contribution in [0, 0.1) is 0 Å². The molecule has 2 heterocycles. The van der Waals surface area contributed by atoms with Crippen molar-refractivity contribution in [3.63, 3.8) is 0 Å². The molecule has 30 heavy (non-hydrogen) atoms. The van der Waals surface area contributed by atoms with Crippen molar-refractivity contribution in [2.24, 2.45) is 0 Å². The van der Waals surface area contributed by atoms with Gasteiger partial charge in [0.2, 0.25) is 10.0 Å². The minimum Gasteiger partial charge on any atom is -0.491 e. The Kier molecular flexibility index (Phi) is 6.58. The average molecular weight is 450 g/mol. The Morgan fingerprint density at radius 1 is 1.17 bits per heavy atom. The Morgan fingerprint density at radius 2 is 1.87 bits per heavy atom. The zero-order valence-electron chi connectivity index (χ0n) is 16.3. The van der Waals surface area contributed by atoms with Crippen molar-refractivity contribution in [3.05, 3.63) is 65.0 Å². The van der Waals surface area contributed by atoms with Gasteiger partial charge in [0.15, 0.2) is 5.75 Å². The van der Waals surface area contributed by atoms with Crippen LogP contribution in [0.3, 0.4) is 0 Å². The molecule has 0 aliphatic carbocycles. The van der Waals surface area contributed by atoms with Crippen molar-refractivity contribution in [1.29, 1.82) is 0 Å². The first-order chi connectivity index (χ1) is 14.2. The fourth-order valence-corrected chi connectivity index (χ4v) is 3.44. The molecule has 3 aromatic rings. The van der Waals surface area contributed by atoms with Gasteiger partial charge in [0.1, 0.15) is 5.82 Å². The van der Waals surface area contributed by atoms with Gasteiger partial charge in [0.25, 0.3) is 5.91 Å². The number of hydrogen-bond acceptors (Lipinski definition) is 6. The van der Waals surface area contributed by atoms with E-state index in [0.717, 1.165) is 11.9 Å². The quantitative estimate of drug-likeness (QED) is 0.485. The summed E-state index contributed by atoms with van der Waals surface area (Å²) in [5.74, 6) is 0.801. The number of anilines is 2. The molecule has 0 aliphatic heterocycles. The number of ether oxygens (including phenoxy) is 1. The second kappa shape index (κ2) is 9.14. The Balaban J connectivity index is 1.68. The van der Waals surface area contributed by atoms with Crippen LogP contribution in [-0.2, 0) is 16.4 Å². The van der Waals surface area contributed by atoms with E-state index in [1.165, 1.54) is 18.2 Å². The van der Waals surface area contributed by atoms with Crippen LogP contribution in [0.5, 0.6) is 5.75 Å². The number of carbonyl (C=O) groups is 1. The van der Waals surface area contributed by atoms with Crippen LogP contribution in [0.2, 0.25) is 5.02 Å². The highest BCUT2D eigenvalue weighted by atomic mass is 35.5. The van der Waals surface area contributed by atoms with Crippen LogP contribution in [0.15, 0.2) is 42.9 Å². The third-order valence-corrected chi connectivity index (χ3v) is 4.63. The van der Waals surface area contributed by atoms with Gasteiger partial charge in [0, 0.05) is 29.0 Å². The molecule has 0 unspecified atom stereocenters. The van der Waals surface area contributed by atoms with Crippen LogP contribution in [0.4, 0.5) is 11.4 Å². The third-order valence-electron chi connectivity index (χ3n) is 3.81. The molecule has 0 radical (unpaired) electrons. The van der Waals surface area contributed by atoms with Crippen LogP contribution >= 0.6 is 11.6 Å². The Hall–Kier alpha value is -3.11. The molecule has 0 saturated carbocycles. The first-order valence-corrected chi connectivity index (χ1v) is 11.2. The third kappa shape index (κ3) is 6.19. The topological polar surface area (TPSA) is 126 Å². The molecule has 2 aromatic heterocycles. The second-order valence-corrected chi connectivity index (χ2v) is 8.60. The molecule has 1 amide bonds. The summed E-state index contributed by atoms with van der Waals surface area (Å²) in [4.78, 5) is 24.0. The summed E-state index contributed by atoms with van der Waals surface area (Å²) < 4.78 is 30.5. The van der Waals surface area contributed by atoms with Gasteiger partial charge in [-0.3, -0.25) is 9.52 Å². The summed E-state index contributed by atoms with van der Waals surface area (Å²) in [6.45, 7) is 2.42. The zero-order chi connectivity index (χ0) is 21.7. The largest absolute Gasteiger partial charge is 0.491 e. The van der Waals surface area contributed by atoms with Crippen LogP contribution < -0.4 is 14.8 Å². The number of halogens is 1. The molecule has 0 spiro atoms. The lowest BCUT2D eigenvalue weighted by molar-refractivity contribution is 0.102. The number of H-pyrrole nitrogens is 1. The van der Waals surface area contributed by atoms with E-state index >= 15 is 0 Å². The molecule has 11 heteroatoms. The van der Waals surface area contributed by atoms with Crippen molar-refractivity contribution in [2.45, 2.75) is 13.3 Å². The minimum atomic E-state index is -3.47. The monoisotopic (exact) mass is 449 g/mol. The predicted octanol–water partition coefficient (Wildman–Crippen LogP) is 3.07. The molecule has 0 bridgehead atoms. The van der Waals surface area contributed by atoms with E-state index in [9.17, 15) is 13.2 Å². The second-order valence-electron chi connectivity index (χ2n) is 6.42. The molecule has 0 atom stereocenters. The number of rotatable bonds is 8. The van der Waals surface area contributed by atoms with Gasteiger partial charge in [0.05, 0.1) is 36.5 Å². The van der Waals surface area contributed by atoms with Crippen molar-refractivity contribution in [1.82, 2.24) is 15.0 Å². The maximum atomic E-state index is 12.5. The van der Waals surface area contributed by atoms with Crippen molar-refractivity contribution in [2.75, 3.05) is 22.9 Å². The molecular formula is C19H20ClN5O4S. The lowest BCUT2D eigenvalue weighted by Gasteiger charge is -2.09. The van der Waals surface area contributed by atoms with E-state index in [-0.39, 0.29) is 16.6 Å². The van der Waals surface area contributed by atoms with E-state index < -0.39 is 10.0 Å². The van der Waals surface area contributed by atoms with Crippen LogP contribution in [0.25, 0.3) is 0 Å². The lowest BCUT2D eigenvalue weighted by Crippen LogP contribution is -2.13. The highest BCUT2D eigenvalue weighted by Gasteiger charge is 2.12. The standard InChI is InChI=1S/C19H20ClN5O4S/c1-3-29-17-10-22-18(23-11-17)8-14-4-12(9-21-14)19(26)24-15-5-13(20)6-16(7-15)25-30(2,27)28/h4-7,9-11,21,25H,3,8H2,1-2H3,(H,24,26). The number of aromatic nitrogens is 3. The fourth-order valence-electron chi connectivity index (χ4n) is 2.66. The zero-order valence-corrected chi connectivity index (χ0v) is 17.8. The first-order valence-electron chi connectivity index (χ1n) is 8.92. The minimum absolute atomic E-state index is 0.253. The van der Waals surface area contributed by atoms with Gasteiger partial charge in [-0.05, 0) is 31.2 Å². The molecular weight excluding hydrogens is 430 g/mol. The van der Waals surface area contributed by atoms with Crippen molar-refractivity contribution in [3.8, 4) is 5.75 Å². The maximum absolute atomic E-state index is 12.5. The normalized spacial score (nSPS) is 11.2. The number of aromatic amines is 1. The maximum Gasteiger partial charge on any atom is 0.257 e. The Morgan fingerprint density at radius 3 is 2.53 bits per heavy atom. The molecule has 9 nitrogen and oxygen atoms in total. The van der Waals surface area contributed by atoms with E-state index in [0.29, 0.717) is 35.9 Å². The molecule has 0 aliphatic rings. The number of nitrogens with zero attached hydrogens (tertiary/aromatic N) is 2. The predicted molar refractivity (Wildman–Crippen MR) is 115 cm³/mol. The van der Waals surface area contributed by atoms with Gasteiger partial charge >= 0.3 is 0 Å². The van der Waals surface area contributed by atoms with Gasteiger partial charge in [-0.1, -0.05) is 11.6 Å². The molecule has 158 valence electrons. The number of carbonyl (C=O) groups excluding carboxylic acids is 1. The summed E-state index contributed by atoms with van der Waals surface area (Å²) >= 11 is 6.02. The SMILES string of the molecule is CCOc1cnc(Cc2cc(C(=O)Nc3cc(Cl)cc(NS(C)(=O)=O)c3)c[nH]2)nc1. The number of sulfonamides is 1. The number of hydrogen-bond donors (Lipinski definition) is 3. The van der Waals surface area contributed by atoms with Crippen molar-refractivity contribution < 1.29 is 17.9 Å². The molecule has 0 saturated heterocycles. The fraction of sp³-hybridized carbons (Fsp3) is 0.211. The van der Waals surface area contributed by atoms with E-state index in [1.54, 1.807) is 24.7 Å². The Bertz CT molecular complexity index is 1150. The van der Waals surface area contributed by atoms with Crippen molar-refractivity contribution >= 4 is 38.9 Å². The average Bonchev–Trinajstić information content (AvgIpc) is 3.10. The summed E-state index contributed by atoms with van der Waals surface area (Å²) in [5.41, 5.74) is 1.77.